The molecule has 2 N–H and O–H groups in total. The summed E-state index contributed by atoms with van der Waals surface area (Å²) in [7, 11) is 1.73. The number of amides is 1. The Kier molecular flexibility index (Phi) is 5.28. The lowest BCUT2D eigenvalue weighted by molar-refractivity contribution is -0.133. The zero-order valence-electron chi connectivity index (χ0n) is 11.2. The quantitative estimate of drug-likeness (QED) is 0.875. The van der Waals surface area contributed by atoms with Crippen LogP contribution in [0.2, 0.25) is 0 Å². The molecule has 2 atom stereocenters. The highest BCUT2D eigenvalue weighted by Crippen LogP contribution is 2.19. The summed E-state index contributed by atoms with van der Waals surface area (Å²) in [6.45, 7) is 3.90. The van der Waals surface area contributed by atoms with E-state index in [-0.39, 0.29) is 17.8 Å². The summed E-state index contributed by atoms with van der Waals surface area (Å²) in [5.41, 5.74) is 6.72. The van der Waals surface area contributed by atoms with Gasteiger partial charge in [-0.15, -0.1) is 0 Å². The molecule has 1 rings (SSSR count). The molecule has 2 unspecified atom stereocenters. The number of nitrogens with zero attached hydrogens (tertiary/aromatic N) is 1. The molecule has 18 heavy (non-hydrogen) atoms. The number of rotatable bonds is 5. The van der Waals surface area contributed by atoms with Crippen LogP contribution in [-0.4, -0.2) is 23.9 Å². The Morgan fingerprint density at radius 3 is 2.44 bits per heavy atom. The van der Waals surface area contributed by atoms with Gasteiger partial charge in [0.05, 0.1) is 12.1 Å². The van der Waals surface area contributed by atoms with Crippen molar-refractivity contribution in [1.82, 2.24) is 4.90 Å². The minimum atomic E-state index is -0.456. The van der Waals surface area contributed by atoms with Crippen LogP contribution in [0.1, 0.15) is 38.3 Å². The summed E-state index contributed by atoms with van der Waals surface area (Å²) < 4.78 is 12.8. The van der Waals surface area contributed by atoms with Crippen LogP contribution >= 0.6 is 0 Å². The molecule has 0 spiro atoms. The van der Waals surface area contributed by atoms with E-state index in [1.165, 1.54) is 12.1 Å². The summed E-state index contributed by atoms with van der Waals surface area (Å²) in [5.74, 6) is -0.351. The van der Waals surface area contributed by atoms with Crippen molar-refractivity contribution in [3.8, 4) is 0 Å². The zero-order valence-corrected chi connectivity index (χ0v) is 11.2. The molecular weight excluding hydrogens is 231 g/mol. The molecule has 4 heteroatoms. The predicted octanol–water partition coefficient (Wildman–Crippen LogP) is 2.47. The van der Waals surface area contributed by atoms with Gasteiger partial charge in [0, 0.05) is 7.05 Å². The second kappa shape index (κ2) is 6.50. The maximum atomic E-state index is 12.8. The molecule has 1 aromatic rings. The lowest BCUT2D eigenvalue weighted by Crippen LogP contribution is -2.42. The monoisotopic (exact) mass is 252 g/mol. The Bertz CT molecular complexity index is 391. The van der Waals surface area contributed by atoms with Crippen molar-refractivity contribution in [1.29, 1.82) is 0 Å². The molecule has 0 bridgehead atoms. The highest BCUT2D eigenvalue weighted by Gasteiger charge is 2.22. The third kappa shape index (κ3) is 3.53. The molecule has 0 aliphatic heterocycles. The molecule has 3 nitrogen and oxygen atoms in total. The van der Waals surface area contributed by atoms with Crippen molar-refractivity contribution in [2.75, 3.05) is 7.05 Å². The maximum absolute atomic E-state index is 12.8. The molecule has 0 fully saturated rings. The van der Waals surface area contributed by atoms with Crippen molar-refractivity contribution < 1.29 is 9.18 Å². The summed E-state index contributed by atoms with van der Waals surface area (Å²) in [6, 6.07) is 5.61. The average molecular weight is 252 g/mol. The molecule has 1 amide bonds. The smallest absolute Gasteiger partial charge is 0.239 e. The van der Waals surface area contributed by atoms with Gasteiger partial charge in [-0.25, -0.2) is 4.39 Å². The summed E-state index contributed by atoms with van der Waals surface area (Å²) in [4.78, 5) is 13.7. The van der Waals surface area contributed by atoms with Crippen LogP contribution in [-0.2, 0) is 4.79 Å². The van der Waals surface area contributed by atoms with Gasteiger partial charge in [-0.05, 0) is 31.0 Å². The first-order valence-electron chi connectivity index (χ1n) is 6.25. The number of likely N-dealkylation sites (N-methyl/N-ethyl adjacent to an activating group) is 1. The van der Waals surface area contributed by atoms with Crippen LogP contribution in [0.15, 0.2) is 24.3 Å². The summed E-state index contributed by atoms with van der Waals surface area (Å²) >= 11 is 0. The fraction of sp³-hybridized carbons (Fsp3) is 0.500. The van der Waals surface area contributed by atoms with E-state index in [0.29, 0.717) is 6.42 Å². The van der Waals surface area contributed by atoms with Gasteiger partial charge in [-0.1, -0.05) is 25.5 Å². The van der Waals surface area contributed by atoms with Crippen molar-refractivity contribution in [3.63, 3.8) is 0 Å². The highest BCUT2D eigenvalue weighted by molar-refractivity contribution is 5.81. The first-order valence-corrected chi connectivity index (χ1v) is 6.25. The van der Waals surface area contributed by atoms with Crippen LogP contribution in [0.4, 0.5) is 4.39 Å². The minimum absolute atomic E-state index is 0.0753. The topological polar surface area (TPSA) is 46.3 Å². The lowest BCUT2D eigenvalue weighted by atomic mass is 10.1. The lowest BCUT2D eigenvalue weighted by Gasteiger charge is -2.27. The third-order valence-corrected chi connectivity index (χ3v) is 3.20. The van der Waals surface area contributed by atoms with Crippen LogP contribution in [0.3, 0.4) is 0 Å². The molecule has 1 aromatic carbocycles. The van der Waals surface area contributed by atoms with Gasteiger partial charge < -0.3 is 10.6 Å². The number of benzene rings is 1. The number of nitrogens with two attached hydrogens (primary N) is 1. The van der Waals surface area contributed by atoms with Crippen molar-refractivity contribution in [2.24, 2.45) is 5.73 Å². The second-order valence-corrected chi connectivity index (χ2v) is 4.57. The Balaban J connectivity index is 2.74. The highest BCUT2D eigenvalue weighted by atomic mass is 19.1. The summed E-state index contributed by atoms with van der Waals surface area (Å²) in [6.07, 6.45) is 1.56. The fourth-order valence-corrected chi connectivity index (χ4v) is 1.85. The first kappa shape index (κ1) is 14.6. The third-order valence-electron chi connectivity index (χ3n) is 3.20. The Morgan fingerprint density at radius 1 is 1.39 bits per heavy atom. The second-order valence-electron chi connectivity index (χ2n) is 4.57. The standard InChI is InChI=1S/C14H21FN2O/c1-4-5-13(16)14(18)17(3)10(2)11-6-8-12(15)9-7-11/h6-10,13H,4-5,16H2,1-3H3. The van der Waals surface area contributed by atoms with Gasteiger partial charge in [0.25, 0.3) is 0 Å². The van der Waals surface area contributed by atoms with Crippen molar-refractivity contribution >= 4 is 5.91 Å². The molecule has 100 valence electrons. The molecule has 0 aromatic heterocycles. The van der Waals surface area contributed by atoms with E-state index in [9.17, 15) is 9.18 Å². The average Bonchev–Trinajstić information content (AvgIpc) is 2.37. The van der Waals surface area contributed by atoms with E-state index >= 15 is 0 Å². The van der Waals surface area contributed by atoms with E-state index in [0.717, 1.165) is 12.0 Å². The van der Waals surface area contributed by atoms with Crippen LogP contribution in [0, 0.1) is 5.82 Å². The number of hydrogen-bond acceptors (Lipinski definition) is 2. The molecule has 0 aliphatic rings. The van der Waals surface area contributed by atoms with Crippen LogP contribution in [0.5, 0.6) is 0 Å². The fourth-order valence-electron chi connectivity index (χ4n) is 1.85. The van der Waals surface area contributed by atoms with Gasteiger partial charge in [-0.2, -0.15) is 0 Å². The van der Waals surface area contributed by atoms with Crippen LogP contribution < -0.4 is 5.73 Å². The van der Waals surface area contributed by atoms with E-state index in [2.05, 4.69) is 0 Å². The Morgan fingerprint density at radius 2 is 1.94 bits per heavy atom. The number of carbonyl (C=O) groups excluding carboxylic acids is 1. The van der Waals surface area contributed by atoms with Gasteiger partial charge >= 0.3 is 0 Å². The van der Waals surface area contributed by atoms with E-state index < -0.39 is 6.04 Å². The normalized spacial score (nSPS) is 14.1. The molecule has 0 aliphatic carbocycles. The summed E-state index contributed by atoms with van der Waals surface area (Å²) in [5, 5.41) is 0. The maximum Gasteiger partial charge on any atom is 0.239 e. The SMILES string of the molecule is CCCC(N)C(=O)N(C)C(C)c1ccc(F)cc1. The van der Waals surface area contributed by atoms with Crippen LogP contribution in [0.25, 0.3) is 0 Å². The molecule has 0 saturated carbocycles. The minimum Gasteiger partial charge on any atom is -0.338 e. The van der Waals surface area contributed by atoms with Crippen molar-refractivity contribution in [3.05, 3.63) is 35.6 Å². The number of carbonyl (C=O) groups is 1. The van der Waals surface area contributed by atoms with Gasteiger partial charge in [0.2, 0.25) is 5.91 Å². The Labute approximate surface area is 108 Å². The molecular formula is C14H21FN2O. The van der Waals surface area contributed by atoms with Gasteiger partial charge in [0.15, 0.2) is 0 Å². The molecule has 0 heterocycles. The molecule has 0 saturated heterocycles. The van der Waals surface area contributed by atoms with E-state index in [4.69, 9.17) is 5.73 Å². The van der Waals surface area contributed by atoms with Gasteiger partial charge in [0.1, 0.15) is 5.82 Å². The number of hydrogen-bond donors (Lipinski definition) is 1. The Hall–Kier alpha value is -1.42. The van der Waals surface area contributed by atoms with E-state index in [1.54, 1.807) is 24.1 Å². The largest absolute Gasteiger partial charge is 0.338 e. The zero-order chi connectivity index (χ0) is 13.7. The van der Waals surface area contributed by atoms with Crippen molar-refractivity contribution in [2.45, 2.75) is 38.8 Å². The number of halogens is 1. The molecule has 0 radical (unpaired) electrons. The van der Waals surface area contributed by atoms with Gasteiger partial charge in [-0.3, -0.25) is 4.79 Å². The first-order chi connectivity index (χ1) is 8.47. The predicted molar refractivity (Wildman–Crippen MR) is 70.5 cm³/mol. The van der Waals surface area contributed by atoms with E-state index in [1.807, 2.05) is 13.8 Å².